The number of phenols is 1. The number of benzene rings is 2. The number of aromatic hydroxyl groups is 1. The van der Waals surface area contributed by atoms with Crippen molar-refractivity contribution < 1.29 is 9.63 Å². The van der Waals surface area contributed by atoms with Crippen molar-refractivity contribution >= 4 is 11.4 Å². The van der Waals surface area contributed by atoms with Crippen molar-refractivity contribution in [2.24, 2.45) is 4.99 Å². The van der Waals surface area contributed by atoms with Crippen LogP contribution in [0.3, 0.4) is 0 Å². The summed E-state index contributed by atoms with van der Waals surface area (Å²) in [4.78, 5) is 4.87. The minimum atomic E-state index is 0.234. The highest BCUT2D eigenvalue weighted by Crippen LogP contribution is 2.36. The van der Waals surface area contributed by atoms with Crippen LogP contribution in [0.2, 0.25) is 0 Å². The third kappa shape index (κ3) is 2.71. The zero-order valence-electron chi connectivity index (χ0n) is 13.4. The molecule has 1 aliphatic rings. The smallest absolute Gasteiger partial charge is 0.163 e. The average Bonchev–Trinajstić information content (AvgIpc) is 2.84. The summed E-state index contributed by atoms with van der Waals surface area (Å²) in [6.07, 6.45) is 1.57. The van der Waals surface area contributed by atoms with Gasteiger partial charge in [-0.2, -0.15) is 0 Å². The van der Waals surface area contributed by atoms with Gasteiger partial charge in [-0.3, -0.25) is 0 Å². The summed E-state index contributed by atoms with van der Waals surface area (Å²) < 4.78 is 5.52. The molecule has 3 aromatic rings. The van der Waals surface area contributed by atoms with E-state index in [1.165, 1.54) is 5.56 Å². The van der Waals surface area contributed by atoms with Crippen molar-refractivity contribution in [3.63, 3.8) is 0 Å². The normalized spacial score (nSPS) is 17.0. The number of nitrogens with zero attached hydrogens (tertiary/aromatic N) is 2. The SMILES string of the molecule is Cc1noc2c1N=C(c1ccccc1)CC(c1ccc(O)cc1)C2. The Bertz CT molecular complexity index is 880. The lowest BCUT2D eigenvalue weighted by atomic mass is 9.88. The van der Waals surface area contributed by atoms with Crippen molar-refractivity contribution in [3.8, 4) is 5.75 Å². The van der Waals surface area contributed by atoms with Crippen LogP contribution in [0.5, 0.6) is 5.75 Å². The van der Waals surface area contributed by atoms with E-state index in [0.29, 0.717) is 0 Å². The summed E-state index contributed by atoms with van der Waals surface area (Å²) in [5.41, 5.74) is 5.01. The molecule has 0 fully saturated rings. The number of fused-ring (bicyclic) bond motifs is 1. The Kier molecular flexibility index (Phi) is 3.65. The van der Waals surface area contributed by atoms with Crippen LogP contribution in [-0.4, -0.2) is 16.0 Å². The third-order valence-electron chi connectivity index (χ3n) is 4.49. The molecule has 1 atom stereocenters. The van der Waals surface area contributed by atoms with Crippen molar-refractivity contribution in [1.29, 1.82) is 0 Å². The van der Waals surface area contributed by atoms with Gasteiger partial charge in [-0.05, 0) is 42.5 Å². The maximum atomic E-state index is 9.55. The van der Waals surface area contributed by atoms with Crippen LogP contribution < -0.4 is 0 Å². The first-order valence-corrected chi connectivity index (χ1v) is 8.08. The predicted octanol–water partition coefficient (Wildman–Crippen LogP) is 4.54. The molecule has 120 valence electrons. The molecule has 2 heterocycles. The van der Waals surface area contributed by atoms with Gasteiger partial charge in [0.05, 0.1) is 0 Å². The molecular weight excluding hydrogens is 300 g/mol. The summed E-state index contributed by atoms with van der Waals surface area (Å²) in [6, 6.07) is 17.6. The molecule has 0 spiro atoms. The summed E-state index contributed by atoms with van der Waals surface area (Å²) in [6.45, 7) is 1.93. The van der Waals surface area contributed by atoms with Gasteiger partial charge in [0.25, 0.3) is 0 Å². The fourth-order valence-electron chi connectivity index (χ4n) is 3.19. The van der Waals surface area contributed by atoms with Gasteiger partial charge in [0.1, 0.15) is 17.1 Å². The zero-order chi connectivity index (χ0) is 16.5. The summed E-state index contributed by atoms with van der Waals surface area (Å²) in [7, 11) is 0. The maximum Gasteiger partial charge on any atom is 0.163 e. The fourth-order valence-corrected chi connectivity index (χ4v) is 3.19. The van der Waals surface area contributed by atoms with E-state index < -0.39 is 0 Å². The number of hydrogen-bond acceptors (Lipinski definition) is 4. The quantitative estimate of drug-likeness (QED) is 0.754. The Morgan fingerprint density at radius 2 is 1.75 bits per heavy atom. The maximum absolute atomic E-state index is 9.55. The summed E-state index contributed by atoms with van der Waals surface area (Å²) in [5, 5.41) is 13.6. The Morgan fingerprint density at radius 3 is 2.50 bits per heavy atom. The van der Waals surface area contributed by atoms with Gasteiger partial charge in [-0.1, -0.05) is 47.6 Å². The first-order valence-electron chi connectivity index (χ1n) is 8.08. The third-order valence-corrected chi connectivity index (χ3v) is 4.49. The highest BCUT2D eigenvalue weighted by atomic mass is 16.5. The summed E-state index contributed by atoms with van der Waals surface area (Å²) in [5.74, 6) is 1.34. The second-order valence-corrected chi connectivity index (χ2v) is 6.16. The van der Waals surface area contributed by atoms with E-state index in [9.17, 15) is 5.11 Å². The molecule has 2 aromatic carbocycles. The summed E-state index contributed by atoms with van der Waals surface area (Å²) >= 11 is 0. The van der Waals surface area contributed by atoms with E-state index >= 15 is 0 Å². The molecule has 4 heteroatoms. The van der Waals surface area contributed by atoms with Crippen LogP contribution in [0.1, 0.15) is 34.9 Å². The lowest BCUT2D eigenvalue weighted by molar-refractivity contribution is 0.373. The lowest BCUT2D eigenvalue weighted by Gasteiger charge is -2.15. The van der Waals surface area contributed by atoms with Crippen LogP contribution in [0.15, 0.2) is 64.1 Å². The van der Waals surface area contributed by atoms with Crippen molar-refractivity contribution in [3.05, 3.63) is 77.2 Å². The molecule has 0 saturated carbocycles. The number of aryl methyl sites for hydroxylation is 1. The Morgan fingerprint density at radius 1 is 1.00 bits per heavy atom. The second kappa shape index (κ2) is 5.96. The predicted molar refractivity (Wildman–Crippen MR) is 93.0 cm³/mol. The number of hydrogen-bond donors (Lipinski definition) is 1. The van der Waals surface area contributed by atoms with Crippen LogP contribution in [-0.2, 0) is 6.42 Å². The van der Waals surface area contributed by atoms with E-state index in [0.717, 1.165) is 41.3 Å². The molecule has 4 rings (SSSR count). The van der Waals surface area contributed by atoms with Gasteiger partial charge in [-0.15, -0.1) is 0 Å². The number of phenolic OH excluding ortho intramolecular Hbond substituents is 1. The van der Waals surface area contributed by atoms with Crippen molar-refractivity contribution in [2.45, 2.75) is 25.7 Å². The van der Waals surface area contributed by atoms with Gasteiger partial charge in [0, 0.05) is 12.1 Å². The molecule has 0 aliphatic carbocycles. The topological polar surface area (TPSA) is 58.6 Å². The average molecular weight is 318 g/mol. The molecule has 1 N–H and O–H groups in total. The highest BCUT2D eigenvalue weighted by molar-refractivity contribution is 6.03. The molecule has 0 bridgehead atoms. The largest absolute Gasteiger partial charge is 0.508 e. The minimum absolute atomic E-state index is 0.234. The monoisotopic (exact) mass is 318 g/mol. The molecule has 1 aliphatic heterocycles. The molecule has 0 amide bonds. The van der Waals surface area contributed by atoms with Crippen LogP contribution >= 0.6 is 0 Å². The lowest BCUT2D eigenvalue weighted by Crippen LogP contribution is -2.09. The molecule has 0 saturated heterocycles. The second-order valence-electron chi connectivity index (χ2n) is 6.16. The molecular formula is C20H18N2O2. The van der Waals surface area contributed by atoms with E-state index in [1.807, 2.05) is 37.3 Å². The fraction of sp³-hybridized carbons (Fsp3) is 0.200. The first kappa shape index (κ1) is 14.7. The Hall–Kier alpha value is -2.88. The van der Waals surface area contributed by atoms with Gasteiger partial charge >= 0.3 is 0 Å². The van der Waals surface area contributed by atoms with Gasteiger partial charge in [0.2, 0.25) is 0 Å². The van der Waals surface area contributed by atoms with E-state index in [1.54, 1.807) is 12.1 Å². The molecule has 24 heavy (non-hydrogen) atoms. The van der Waals surface area contributed by atoms with Gasteiger partial charge < -0.3 is 9.63 Å². The van der Waals surface area contributed by atoms with Gasteiger partial charge in [-0.25, -0.2) is 4.99 Å². The standard InChI is InChI=1S/C20H18N2O2/c1-13-20-19(24-22-13)12-16(14-7-9-17(23)10-8-14)11-18(21-20)15-5-3-2-4-6-15/h2-10,16,23H,11-12H2,1H3. The molecule has 1 unspecified atom stereocenters. The van der Waals surface area contributed by atoms with Crippen molar-refractivity contribution in [2.75, 3.05) is 0 Å². The molecule has 4 nitrogen and oxygen atoms in total. The highest BCUT2D eigenvalue weighted by Gasteiger charge is 2.25. The molecule has 0 radical (unpaired) electrons. The van der Waals surface area contributed by atoms with Gasteiger partial charge in [0.15, 0.2) is 5.76 Å². The number of aliphatic imine (C=N–C) groups is 1. The Balaban J connectivity index is 1.80. The first-order chi connectivity index (χ1) is 11.7. The van der Waals surface area contributed by atoms with Crippen LogP contribution in [0, 0.1) is 6.92 Å². The molecule has 1 aromatic heterocycles. The van der Waals surface area contributed by atoms with E-state index in [2.05, 4.69) is 17.3 Å². The van der Waals surface area contributed by atoms with Crippen molar-refractivity contribution in [1.82, 2.24) is 5.16 Å². The number of aromatic nitrogens is 1. The zero-order valence-corrected chi connectivity index (χ0v) is 13.4. The van der Waals surface area contributed by atoms with E-state index in [-0.39, 0.29) is 11.7 Å². The Labute approximate surface area is 140 Å². The number of rotatable bonds is 2. The van der Waals surface area contributed by atoms with E-state index in [4.69, 9.17) is 9.52 Å². The van der Waals surface area contributed by atoms with Crippen LogP contribution in [0.25, 0.3) is 0 Å². The van der Waals surface area contributed by atoms with Crippen LogP contribution in [0.4, 0.5) is 5.69 Å². The minimum Gasteiger partial charge on any atom is -0.508 e.